The van der Waals surface area contributed by atoms with E-state index >= 15 is 0 Å². The molecule has 0 N–H and O–H groups in total. The first kappa shape index (κ1) is 26.2. The summed E-state index contributed by atoms with van der Waals surface area (Å²) in [4.78, 5) is 15.2. The first-order chi connectivity index (χ1) is 16.7. The van der Waals surface area contributed by atoms with Gasteiger partial charge in [0.2, 0.25) is 0 Å². The lowest BCUT2D eigenvalue weighted by Crippen LogP contribution is -2.35. The van der Waals surface area contributed by atoms with E-state index in [2.05, 4.69) is 33.8 Å². The summed E-state index contributed by atoms with van der Waals surface area (Å²) >= 11 is 0. The summed E-state index contributed by atoms with van der Waals surface area (Å²) < 4.78 is 22.6. The second-order valence-electron chi connectivity index (χ2n) is 9.48. The smallest absolute Gasteiger partial charge is 0.290 e. The van der Waals surface area contributed by atoms with Crippen LogP contribution in [0.25, 0.3) is 0 Å². The molecular weight excluding hydrogens is 442 g/mol. The van der Waals surface area contributed by atoms with Crippen molar-refractivity contribution in [3.8, 4) is 23.2 Å². The summed E-state index contributed by atoms with van der Waals surface area (Å²) in [6.45, 7) is 11.6. The third kappa shape index (κ3) is 6.81. The Kier molecular flexibility index (Phi) is 8.85. The zero-order valence-corrected chi connectivity index (χ0v) is 21.9. The molecule has 0 atom stereocenters. The average molecular weight is 480 g/mol. The normalized spacial score (nSPS) is 11.1. The van der Waals surface area contributed by atoms with Gasteiger partial charge in [0.15, 0.2) is 17.3 Å². The molecule has 6 heteroatoms. The molecule has 1 aromatic heterocycles. The number of ether oxygens (including phenoxy) is 3. The van der Waals surface area contributed by atoms with Crippen LogP contribution in [0.4, 0.5) is 0 Å². The van der Waals surface area contributed by atoms with Gasteiger partial charge in [-0.1, -0.05) is 45.9 Å². The number of carbonyl (C=O) groups is 1. The molecule has 2 aromatic carbocycles. The molecule has 6 nitrogen and oxygen atoms in total. The Morgan fingerprint density at radius 2 is 1.66 bits per heavy atom. The predicted molar refractivity (Wildman–Crippen MR) is 138 cm³/mol. The quantitative estimate of drug-likeness (QED) is 0.301. The van der Waals surface area contributed by atoms with Crippen LogP contribution in [0.3, 0.4) is 0 Å². The van der Waals surface area contributed by atoms with E-state index in [0.717, 1.165) is 16.9 Å². The van der Waals surface area contributed by atoms with E-state index in [1.165, 1.54) is 5.56 Å². The van der Waals surface area contributed by atoms with Gasteiger partial charge in [-0.2, -0.15) is 0 Å². The standard InChI is InChI=1S/C29H37NO5/c1-19(2)18-30(15-14-22-9-11-24(32-6)27(16-22)33-7)29(31)25-12-13-28(34-25)35-26-17-23(20(3)4)10-8-21(26)5/h8-13,16-17,19-20H,14-15,18H2,1-7H3. The molecular formula is C29H37NO5. The minimum absolute atomic E-state index is 0.151. The Morgan fingerprint density at radius 1 is 0.914 bits per heavy atom. The van der Waals surface area contributed by atoms with Crippen molar-refractivity contribution in [1.29, 1.82) is 0 Å². The molecule has 0 spiro atoms. The van der Waals surface area contributed by atoms with Gasteiger partial charge in [-0.3, -0.25) is 4.79 Å². The summed E-state index contributed by atoms with van der Waals surface area (Å²) in [6, 6.07) is 15.4. The highest BCUT2D eigenvalue weighted by Crippen LogP contribution is 2.31. The summed E-state index contributed by atoms with van der Waals surface area (Å²) in [5.41, 5.74) is 3.26. The Hall–Kier alpha value is -3.41. The van der Waals surface area contributed by atoms with Crippen LogP contribution >= 0.6 is 0 Å². The number of amides is 1. The summed E-state index contributed by atoms with van der Waals surface area (Å²) in [5.74, 6) is 3.23. The molecule has 0 aliphatic heterocycles. The lowest BCUT2D eigenvalue weighted by molar-refractivity contribution is 0.0701. The van der Waals surface area contributed by atoms with Crippen LogP contribution in [0.2, 0.25) is 0 Å². The van der Waals surface area contributed by atoms with Crippen LogP contribution in [0.1, 0.15) is 60.9 Å². The van der Waals surface area contributed by atoms with Crippen molar-refractivity contribution in [3.63, 3.8) is 0 Å². The maximum absolute atomic E-state index is 13.3. The van der Waals surface area contributed by atoms with Gasteiger partial charge in [0.05, 0.1) is 14.2 Å². The van der Waals surface area contributed by atoms with Crippen LogP contribution in [-0.2, 0) is 6.42 Å². The molecule has 0 saturated heterocycles. The van der Waals surface area contributed by atoms with E-state index in [9.17, 15) is 4.79 Å². The lowest BCUT2D eigenvalue weighted by atomic mass is 10.0. The van der Waals surface area contributed by atoms with Crippen LogP contribution < -0.4 is 14.2 Å². The predicted octanol–water partition coefficient (Wildman–Crippen LogP) is 6.86. The molecule has 35 heavy (non-hydrogen) atoms. The molecule has 0 fully saturated rings. The zero-order chi connectivity index (χ0) is 25.5. The number of furan rings is 1. The van der Waals surface area contributed by atoms with Crippen molar-refractivity contribution in [2.75, 3.05) is 27.3 Å². The van der Waals surface area contributed by atoms with Gasteiger partial charge in [0.25, 0.3) is 11.9 Å². The fourth-order valence-corrected chi connectivity index (χ4v) is 3.86. The lowest BCUT2D eigenvalue weighted by Gasteiger charge is -2.24. The van der Waals surface area contributed by atoms with Gasteiger partial charge in [0, 0.05) is 19.2 Å². The Bertz CT molecular complexity index is 1130. The van der Waals surface area contributed by atoms with Gasteiger partial charge in [-0.15, -0.1) is 0 Å². The highest BCUT2D eigenvalue weighted by molar-refractivity contribution is 5.91. The third-order valence-electron chi connectivity index (χ3n) is 5.87. The van der Waals surface area contributed by atoms with E-state index < -0.39 is 0 Å². The molecule has 0 unspecified atom stereocenters. The van der Waals surface area contributed by atoms with Gasteiger partial charge >= 0.3 is 0 Å². The molecule has 0 bridgehead atoms. The van der Waals surface area contributed by atoms with Crippen molar-refractivity contribution in [3.05, 3.63) is 71.0 Å². The molecule has 1 amide bonds. The number of carbonyl (C=O) groups excluding carboxylic acids is 1. The number of nitrogens with zero attached hydrogens (tertiary/aromatic N) is 1. The topological polar surface area (TPSA) is 61.1 Å². The van der Waals surface area contributed by atoms with Crippen molar-refractivity contribution in [1.82, 2.24) is 4.90 Å². The van der Waals surface area contributed by atoms with E-state index in [1.807, 2.05) is 42.2 Å². The Balaban J connectivity index is 1.73. The van der Waals surface area contributed by atoms with Crippen LogP contribution in [0.15, 0.2) is 52.9 Å². The third-order valence-corrected chi connectivity index (χ3v) is 5.87. The SMILES string of the molecule is COc1ccc(CCN(CC(C)C)C(=O)c2ccc(Oc3cc(C(C)C)ccc3C)o2)cc1OC. The molecule has 3 aromatic rings. The highest BCUT2D eigenvalue weighted by atomic mass is 16.6. The summed E-state index contributed by atoms with van der Waals surface area (Å²) in [7, 11) is 3.23. The second kappa shape index (κ2) is 11.8. The zero-order valence-electron chi connectivity index (χ0n) is 21.9. The molecule has 0 aliphatic rings. The van der Waals surface area contributed by atoms with Crippen LogP contribution in [0, 0.1) is 12.8 Å². The maximum Gasteiger partial charge on any atom is 0.290 e. The van der Waals surface area contributed by atoms with Crippen molar-refractivity contribution in [2.45, 2.75) is 47.0 Å². The summed E-state index contributed by atoms with van der Waals surface area (Å²) in [6.07, 6.45) is 0.685. The Morgan fingerprint density at radius 3 is 2.31 bits per heavy atom. The van der Waals surface area contributed by atoms with E-state index in [1.54, 1.807) is 26.4 Å². The van der Waals surface area contributed by atoms with Gasteiger partial charge in [-0.05, 0) is 66.1 Å². The monoisotopic (exact) mass is 479 g/mol. The molecule has 1 heterocycles. The van der Waals surface area contributed by atoms with Crippen molar-refractivity contribution in [2.24, 2.45) is 5.92 Å². The fourth-order valence-electron chi connectivity index (χ4n) is 3.86. The first-order valence-electron chi connectivity index (χ1n) is 12.1. The number of aryl methyl sites for hydroxylation is 1. The number of benzene rings is 2. The molecule has 0 saturated carbocycles. The van der Waals surface area contributed by atoms with Crippen LogP contribution in [-0.4, -0.2) is 38.1 Å². The van der Waals surface area contributed by atoms with E-state index in [-0.39, 0.29) is 11.7 Å². The van der Waals surface area contributed by atoms with Crippen molar-refractivity contribution < 1.29 is 23.4 Å². The van der Waals surface area contributed by atoms with E-state index in [0.29, 0.717) is 48.8 Å². The maximum atomic E-state index is 13.3. The van der Waals surface area contributed by atoms with Gasteiger partial charge in [0.1, 0.15) is 5.75 Å². The second-order valence-corrected chi connectivity index (χ2v) is 9.48. The number of hydrogen-bond acceptors (Lipinski definition) is 5. The Labute approximate surface area is 208 Å². The minimum atomic E-state index is -0.151. The minimum Gasteiger partial charge on any atom is -0.493 e. The van der Waals surface area contributed by atoms with Crippen LogP contribution in [0.5, 0.6) is 23.2 Å². The fraction of sp³-hybridized carbons (Fsp3) is 0.414. The summed E-state index contributed by atoms with van der Waals surface area (Å²) in [5, 5.41) is 0. The molecule has 3 rings (SSSR count). The van der Waals surface area contributed by atoms with Gasteiger partial charge < -0.3 is 23.5 Å². The molecule has 188 valence electrons. The highest BCUT2D eigenvalue weighted by Gasteiger charge is 2.21. The van der Waals surface area contributed by atoms with Gasteiger partial charge in [-0.25, -0.2) is 0 Å². The average Bonchev–Trinajstić information content (AvgIpc) is 3.30. The number of methoxy groups -OCH3 is 2. The van der Waals surface area contributed by atoms with E-state index in [4.69, 9.17) is 18.6 Å². The first-order valence-corrected chi connectivity index (χ1v) is 12.1. The van der Waals surface area contributed by atoms with Crippen molar-refractivity contribution >= 4 is 5.91 Å². The largest absolute Gasteiger partial charge is 0.493 e. The number of hydrogen-bond donors (Lipinski definition) is 0. The number of rotatable bonds is 11. The molecule has 0 radical (unpaired) electrons. The molecule has 0 aliphatic carbocycles.